The zero-order valence-electron chi connectivity index (χ0n) is 16.0. The van der Waals surface area contributed by atoms with Gasteiger partial charge in [-0.05, 0) is 43.3 Å². The molecule has 154 valence electrons. The number of benzene rings is 2. The molecule has 4 rings (SSSR count). The number of hydrogen-bond acceptors (Lipinski definition) is 6. The summed E-state index contributed by atoms with van der Waals surface area (Å²) in [6, 6.07) is 10.8. The van der Waals surface area contributed by atoms with Crippen molar-refractivity contribution in [3.63, 3.8) is 0 Å². The molecule has 30 heavy (non-hydrogen) atoms. The molecule has 0 aliphatic rings. The Morgan fingerprint density at radius 1 is 1.10 bits per heavy atom. The van der Waals surface area contributed by atoms with Gasteiger partial charge in [-0.25, -0.2) is 17.8 Å². The number of rotatable bonds is 6. The largest absolute Gasteiger partial charge is 0.454 e. The number of aryl methyl sites for hydroxylation is 2. The second kappa shape index (κ2) is 7.88. The van der Waals surface area contributed by atoms with Crippen LogP contribution in [0.4, 0.5) is 9.52 Å². The SMILES string of the molecule is Cc1ccc(Oc2ccc(S(=O)(=O)Nc3nccs3)cc2F)c(-c2ccnn2C)c1. The molecule has 0 fully saturated rings. The van der Waals surface area contributed by atoms with Crippen molar-refractivity contribution in [2.45, 2.75) is 11.8 Å². The van der Waals surface area contributed by atoms with Crippen molar-refractivity contribution in [3.8, 4) is 22.8 Å². The second-order valence-corrected chi connectivity index (χ2v) is 9.05. The average molecular weight is 445 g/mol. The number of thiazole rings is 1. The third kappa shape index (κ3) is 4.05. The van der Waals surface area contributed by atoms with Crippen LogP contribution in [0.25, 0.3) is 11.3 Å². The van der Waals surface area contributed by atoms with E-state index in [1.165, 1.54) is 18.3 Å². The van der Waals surface area contributed by atoms with Gasteiger partial charge < -0.3 is 4.74 Å². The number of nitrogens with one attached hydrogen (secondary N) is 1. The lowest BCUT2D eigenvalue weighted by atomic mass is 10.1. The van der Waals surface area contributed by atoms with E-state index in [-0.39, 0.29) is 15.8 Å². The molecule has 0 radical (unpaired) electrons. The average Bonchev–Trinajstić information content (AvgIpc) is 3.35. The zero-order chi connectivity index (χ0) is 21.3. The third-order valence-electron chi connectivity index (χ3n) is 4.32. The Hall–Kier alpha value is -3.24. The van der Waals surface area contributed by atoms with Gasteiger partial charge in [0.15, 0.2) is 16.7 Å². The maximum atomic E-state index is 14.7. The monoisotopic (exact) mass is 444 g/mol. The van der Waals surface area contributed by atoms with Gasteiger partial charge in [0.25, 0.3) is 10.0 Å². The van der Waals surface area contributed by atoms with Crippen molar-refractivity contribution in [2.75, 3.05) is 4.72 Å². The number of halogens is 1. The topological polar surface area (TPSA) is 86.1 Å². The van der Waals surface area contributed by atoms with Gasteiger partial charge in [-0.1, -0.05) is 11.6 Å². The molecule has 0 atom stereocenters. The predicted octanol–water partition coefficient (Wildman–Crippen LogP) is 4.58. The molecule has 0 aliphatic carbocycles. The number of hydrogen-bond donors (Lipinski definition) is 1. The summed E-state index contributed by atoms with van der Waals surface area (Å²) in [4.78, 5) is 3.65. The van der Waals surface area contributed by atoms with Crippen molar-refractivity contribution in [1.82, 2.24) is 14.8 Å². The molecule has 0 amide bonds. The van der Waals surface area contributed by atoms with Crippen molar-refractivity contribution < 1.29 is 17.5 Å². The standard InChI is InChI=1S/C20H17FN4O3S2/c1-13-3-5-18(15(11-13)17-7-8-23-25(17)2)28-19-6-4-14(12-16(19)21)30(26,27)24-20-22-9-10-29-20/h3-12H,1-2H3,(H,22,24). The first-order valence-corrected chi connectivity index (χ1v) is 11.2. The lowest BCUT2D eigenvalue weighted by molar-refractivity contribution is 0.441. The van der Waals surface area contributed by atoms with Crippen molar-refractivity contribution in [1.29, 1.82) is 0 Å². The van der Waals surface area contributed by atoms with Gasteiger partial charge in [-0.2, -0.15) is 5.10 Å². The third-order valence-corrected chi connectivity index (χ3v) is 6.47. The van der Waals surface area contributed by atoms with E-state index < -0.39 is 15.8 Å². The first kappa shape index (κ1) is 20.0. The summed E-state index contributed by atoms with van der Waals surface area (Å²) in [5.74, 6) is -0.455. The van der Waals surface area contributed by atoms with Crippen LogP contribution in [-0.2, 0) is 17.1 Å². The summed E-state index contributed by atoms with van der Waals surface area (Å²) in [5.41, 5.74) is 2.56. The van der Waals surface area contributed by atoms with E-state index in [2.05, 4.69) is 14.8 Å². The van der Waals surface area contributed by atoms with Crippen molar-refractivity contribution in [2.24, 2.45) is 7.05 Å². The molecular weight excluding hydrogens is 427 g/mol. The summed E-state index contributed by atoms with van der Waals surface area (Å²) < 4.78 is 49.4. The summed E-state index contributed by atoms with van der Waals surface area (Å²) in [6.45, 7) is 1.94. The summed E-state index contributed by atoms with van der Waals surface area (Å²) in [5, 5.41) is 6.01. The molecule has 2 heterocycles. The first-order valence-electron chi connectivity index (χ1n) is 8.82. The maximum Gasteiger partial charge on any atom is 0.263 e. The molecule has 0 unspecified atom stereocenters. The van der Waals surface area contributed by atoms with E-state index in [0.29, 0.717) is 5.75 Å². The fourth-order valence-electron chi connectivity index (χ4n) is 2.87. The van der Waals surface area contributed by atoms with Gasteiger partial charge in [0.2, 0.25) is 0 Å². The normalized spacial score (nSPS) is 11.4. The van der Waals surface area contributed by atoms with Crippen LogP contribution in [0.1, 0.15) is 5.56 Å². The molecule has 0 saturated carbocycles. The molecule has 0 spiro atoms. The lowest BCUT2D eigenvalue weighted by Crippen LogP contribution is -2.13. The Balaban J connectivity index is 1.65. The highest BCUT2D eigenvalue weighted by Crippen LogP contribution is 2.35. The van der Waals surface area contributed by atoms with E-state index in [1.807, 2.05) is 25.1 Å². The minimum absolute atomic E-state index is 0.0875. The van der Waals surface area contributed by atoms with Gasteiger partial charge in [0, 0.05) is 30.4 Å². The molecule has 4 aromatic rings. The van der Waals surface area contributed by atoms with Crippen molar-refractivity contribution >= 4 is 26.5 Å². The molecule has 2 aromatic heterocycles. The summed E-state index contributed by atoms with van der Waals surface area (Å²) in [6.07, 6.45) is 3.14. The van der Waals surface area contributed by atoms with Crippen LogP contribution in [-0.4, -0.2) is 23.2 Å². The Labute approximate surface area is 176 Å². The first-order chi connectivity index (χ1) is 14.3. The highest BCUT2D eigenvalue weighted by Gasteiger charge is 2.19. The van der Waals surface area contributed by atoms with Gasteiger partial charge in [-0.3, -0.25) is 9.40 Å². The Morgan fingerprint density at radius 3 is 2.57 bits per heavy atom. The lowest BCUT2D eigenvalue weighted by Gasteiger charge is -2.14. The molecule has 2 aromatic carbocycles. The fourth-order valence-corrected chi connectivity index (χ4v) is 4.67. The number of sulfonamides is 1. The maximum absolute atomic E-state index is 14.7. The predicted molar refractivity (Wildman–Crippen MR) is 113 cm³/mol. The quantitative estimate of drug-likeness (QED) is 0.470. The Morgan fingerprint density at radius 2 is 1.90 bits per heavy atom. The molecule has 0 aliphatic heterocycles. The van der Waals surface area contributed by atoms with Crippen LogP contribution < -0.4 is 9.46 Å². The van der Waals surface area contributed by atoms with E-state index >= 15 is 0 Å². The van der Waals surface area contributed by atoms with Crippen LogP contribution in [0.2, 0.25) is 0 Å². The van der Waals surface area contributed by atoms with Gasteiger partial charge in [0.1, 0.15) is 5.75 Å². The number of ether oxygens (including phenoxy) is 1. The zero-order valence-corrected chi connectivity index (χ0v) is 17.7. The van der Waals surface area contributed by atoms with Gasteiger partial charge in [-0.15, -0.1) is 11.3 Å². The van der Waals surface area contributed by atoms with E-state index in [4.69, 9.17) is 4.74 Å². The van der Waals surface area contributed by atoms with Crippen LogP contribution in [0.15, 0.2) is 65.1 Å². The summed E-state index contributed by atoms with van der Waals surface area (Å²) >= 11 is 1.13. The van der Waals surface area contributed by atoms with Gasteiger partial charge in [0.05, 0.1) is 10.6 Å². The molecule has 1 N–H and O–H groups in total. The smallest absolute Gasteiger partial charge is 0.263 e. The molecule has 0 saturated heterocycles. The highest BCUT2D eigenvalue weighted by atomic mass is 32.2. The number of aromatic nitrogens is 3. The van der Waals surface area contributed by atoms with E-state index in [0.717, 1.165) is 34.2 Å². The van der Waals surface area contributed by atoms with Crippen LogP contribution >= 0.6 is 11.3 Å². The summed E-state index contributed by atoms with van der Waals surface area (Å²) in [7, 11) is -2.16. The fraction of sp³-hybridized carbons (Fsp3) is 0.100. The Kier molecular flexibility index (Phi) is 5.27. The van der Waals surface area contributed by atoms with Crippen LogP contribution in [0.5, 0.6) is 11.5 Å². The van der Waals surface area contributed by atoms with E-state index in [9.17, 15) is 12.8 Å². The number of anilines is 1. The molecular formula is C20H17FN4O3S2. The van der Waals surface area contributed by atoms with Crippen LogP contribution in [0, 0.1) is 12.7 Å². The van der Waals surface area contributed by atoms with E-state index in [1.54, 1.807) is 29.4 Å². The minimum atomic E-state index is -3.96. The molecule has 0 bridgehead atoms. The minimum Gasteiger partial charge on any atom is -0.454 e. The Bertz CT molecular complexity index is 1300. The van der Waals surface area contributed by atoms with Gasteiger partial charge >= 0.3 is 0 Å². The molecule has 10 heteroatoms. The second-order valence-electron chi connectivity index (χ2n) is 6.48. The highest BCUT2D eigenvalue weighted by molar-refractivity contribution is 7.93. The van der Waals surface area contributed by atoms with Crippen LogP contribution in [0.3, 0.4) is 0 Å². The molecule has 7 nitrogen and oxygen atoms in total. The van der Waals surface area contributed by atoms with Crippen molar-refractivity contribution in [3.05, 3.63) is 71.6 Å². The number of nitrogens with zero attached hydrogens (tertiary/aromatic N) is 3.